The van der Waals surface area contributed by atoms with Crippen LogP contribution >= 0.6 is 21.6 Å². The summed E-state index contributed by atoms with van der Waals surface area (Å²) in [5.74, 6) is 0. The van der Waals surface area contributed by atoms with Gasteiger partial charge in [0, 0.05) is 31.1 Å². The summed E-state index contributed by atoms with van der Waals surface area (Å²) in [4.78, 5) is 11.0. The van der Waals surface area contributed by atoms with Crippen LogP contribution in [-0.2, 0) is 0 Å². The molecule has 0 radical (unpaired) electrons. The average Bonchev–Trinajstić information content (AvgIpc) is 2.71. The summed E-state index contributed by atoms with van der Waals surface area (Å²) in [5, 5.41) is 2.12. The van der Waals surface area contributed by atoms with Gasteiger partial charge in [0.15, 0.2) is 5.17 Å². The second-order valence-electron chi connectivity index (χ2n) is 3.66. The fourth-order valence-corrected chi connectivity index (χ4v) is 3.68. The molecule has 0 aromatic carbocycles. The Labute approximate surface area is 97.8 Å². The third-order valence-corrected chi connectivity index (χ3v) is 4.42. The van der Waals surface area contributed by atoms with E-state index in [-0.39, 0.29) is 0 Å². The predicted octanol–water partition coefficient (Wildman–Crippen LogP) is 2.89. The SMILES string of the molecule is CC1=C/C(=C2/N=C(N(C)C)SS2)C(C)=N1. The molecule has 0 fully saturated rings. The van der Waals surface area contributed by atoms with E-state index < -0.39 is 0 Å². The first kappa shape index (κ1) is 10.8. The molecule has 15 heavy (non-hydrogen) atoms. The molecule has 0 aliphatic carbocycles. The summed E-state index contributed by atoms with van der Waals surface area (Å²) in [7, 11) is 7.43. The van der Waals surface area contributed by atoms with Gasteiger partial charge in [-0.15, -0.1) is 0 Å². The van der Waals surface area contributed by atoms with Crippen LogP contribution in [0.1, 0.15) is 13.8 Å². The van der Waals surface area contributed by atoms with Crippen molar-refractivity contribution in [2.24, 2.45) is 9.98 Å². The van der Waals surface area contributed by atoms with E-state index in [4.69, 9.17) is 0 Å². The quantitative estimate of drug-likeness (QED) is 0.608. The molecule has 0 amide bonds. The van der Waals surface area contributed by atoms with Crippen molar-refractivity contribution in [3.8, 4) is 0 Å². The van der Waals surface area contributed by atoms with Crippen molar-refractivity contribution < 1.29 is 0 Å². The van der Waals surface area contributed by atoms with Crippen LogP contribution in [0, 0.1) is 0 Å². The van der Waals surface area contributed by atoms with Crippen LogP contribution in [0.15, 0.2) is 32.4 Å². The van der Waals surface area contributed by atoms with Crippen molar-refractivity contribution in [2.45, 2.75) is 13.8 Å². The summed E-state index contributed by atoms with van der Waals surface area (Å²) in [6.45, 7) is 4.05. The Hall–Kier alpha value is -0.680. The molecule has 2 aliphatic rings. The topological polar surface area (TPSA) is 28.0 Å². The molecule has 2 aliphatic heterocycles. The van der Waals surface area contributed by atoms with Crippen LogP contribution < -0.4 is 0 Å². The molecule has 0 atom stereocenters. The van der Waals surface area contributed by atoms with E-state index >= 15 is 0 Å². The van der Waals surface area contributed by atoms with E-state index in [1.165, 1.54) is 5.57 Å². The smallest absolute Gasteiger partial charge is 0.175 e. The van der Waals surface area contributed by atoms with Crippen LogP contribution in [0.3, 0.4) is 0 Å². The molecule has 3 nitrogen and oxygen atoms in total. The molecule has 0 aromatic rings. The average molecular weight is 239 g/mol. The molecule has 0 saturated heterocycles. The zero-order valence-electron chi connectivity index (χ0n) is 9.24. The van der Waals surface area contributed by atoms with Crippen LogP contribution in [-0.4, -0.2) is 29.9 Å². The van der Waals surface area contributed by atoms with Gasteiger partial charge in [-0.05, 0) is 41.5 Å². The molecule has 0 N–H and O–H groups in total. The maximum atomic E-state index is 4.58. The summed E-state index contributed by atoms with van der Waals surface area (Å²) in [5.41, 5.74) is 3.30. The number of rotatable bonds is 0. The Bertz CT molecular complexity index is 416. The summed E-state index contributed by atoms with van der Waals surface area (Å²) in [6.07, 6.45) is 2.10. The molecule has 80 valence electrons. The van der Waals surface area contributed by atoms with Gasteiger partial charge in [0.2, 0.25) is 0 Å². The lowest BCUT2D eigenvalue weighted by Gasteiger charge is -2.07. The second-order valence-corrected chi connectivity index (χ2v) is 5.74. The summed E-state index contributed by atoms with van der Waals surface area (Å²) < 4.78 is 0. The number of nitrogens with zero attached hydrogens (tertiary/aromatic N) is 3. The van der Waals surface area contributed by atoms with Crippen LogP contribution in [0.5, 0.6) is 0 Å². The molecule has 2 heterocycles. The molecule has 0 unspecified atom stereocenters. The zero-order chi connectivity index (χ0) is 11.0. The number of allylic oxidation sites excluding steroid dienone is 3. The monoisotopic (exact) mass is 239 g/mol. The molecule has 0 saturated carbocycles. The van der Waals surface area contributed by atoms with Gasteiger partial charge in [-0.2, -0.15) is 0 Å². The third kappa shape index (κ3) is 2.13. The molecular formula is C10H13N3S2. The number of hydrogen-bond donors (Lipinski definition) is 0. The first-order valence-corrected chi connectivity index (χ1v) is 6.81. The number of aliphatic imine (C=N–C) groups is 2. The predicted molar refractivity (Wildman–Crippen MR) is 70.2 cm³/mol. The lowest BCUT2D eigenvalue weighted by Crippen LogP contribution is -2.15. The Morgan fingerprint density at radius 2 is 1.87 bits per heavy atom. The fraction of sp³-hybridized carbons (Fsp3) is 0.400. The van der Waals surface area contributed by atoms with E-state index in [9.17, 15) is 0 Å². The first-order chi connectivity index (χ1) is 7.08. The van der Waals surface area contributed by atoms with Crippen molar-refractivity contribution in [1.82, 2.24) is 4.90 Å². The first-order valence-electron chi connectivity index (χ1n) is 4.66. The molecule has 0 bridgehead atoms. The van der Waals surface area contributed by atoms with Crippen LogP contribution in [0.25, 0.3) is 0 Å². The maximum Gasteiger partial charge on any atom is 0.175 e. The van der Waals surface area contributed by atoms with Gasteiger partial charge in [-0.25, -0.2) is 4.99 Å². The van der Waals surface area contributed by atoms with Crippen molar-refractivity contribution in [3.05, 3.63) is 22.4 Å². The zero-order valence-corrected chi connectivity index (χ0v) is 10.9. The molecule has 5 heteroatoms. The van der Waals surface area contributed by atoms with Gasteiger partial charge in [-0.1, -0.05) is 0 Å². The number of amidine groups is 1. The van der Waals surface area contributed by atoms with E-state index in [1.54, 1.807) is 21.6 Å². The summed E-state index contributed by atoms with van der Waals surface area (Å²) >= 11 is 0. The minimum Gasteiger partial charge on any atom is -0.357 e. The minimum atomic E-state index is 1.05. The molecule has 0 spiro atoms. The van der Waals surface area contributed by atoms with Crippen molar-refractivity contribution in [1.29, 1.82) is 0 Å². The van der Waals surface area contributed by atoms with E-state index in [0.717, 1.165) is 21.6 Å². The lowest BCUT2D eigenvalue weighted by atomic mass is 10.2. The molecule has 2 rings (SSSR count). The molecular weight excluding hydrogens is 226 g/mol. The van der Waals surface area contributed by atoms with Gasteiger partial charge < -0.3 is 4.90 Å². The van der Waals surface area contributed by atoms with Crippen molar-refractivity contribution in [2.75, 3.05) is 14.1 Å². The Kier molecular flexibility index (Phi) is 2.93. The highest BCUT2D eigenvalue weighted by atomic mass is 33.1. The minimum absolute atomic E-state index is 1.05. The van der Waals surface area contributed by atoms with Gasteiger partial charge in [0.05, 0.1) is 0 Å². The second kappa shape index (κ2) is 4.06. The van der Waals surface area contributed by atoms with Crippen molar-refractivity contribution >= 4 is 32.5 Å². The Balaban J connectivity index is 2.34. The highest BCUT2D eigenvalue weighted by Crippen LogP contribution is 2.42. The standard InChI is InChI=1S/C10H13N3S2/c1-6-5-8(7(2)11-6)9-12-10(13(3)4)15-14-9/h5H,1-4H3/b9-8+. The van der Waals surface area contributed by atoms with Crippen LogP contribution in [0.4, 0.5) is 0 Å². The highest BCUT2D eigenvalue weighted by molar-refractivity contribution is 8.84. The largest absolute Gasteiger partial charge is 0.357 e. The normalized spacial score (nSPS) is 25.2. The van der Waals surface area contributed by atoms with Crippen LogP contribution in [0.2, 0.25) is 0 Å². The van der Waals surface area contributed by atoms with Gasteiger partial charge in [0.25, 0.3) is 0 Å². The van der Waals surface area contributed by atoms with Gasteiger partial charge in [0.1, 0.15) is 5.03 Å². The van der Waals surface area contributed by atoms with Crippen molar-refractivity contribution in [3.63, 3.8) is 0 Å². The lowest BCUT2D eigenvalue weighted by molar-refractivity contribution is 0.637. The molecule has 0 aromatic heterocycles. The highest BCUT2D eigenvalue weighted by Gasteiger charge is 2.21. The fourth-order valence-electron chi connectivity index (χ4n) is 1.37. The van der Waals surface area contributed by atoms with Gasteiger partial charge in [-0.3, -0.25) is 4.99 Å². The maximum absolute atomic E-state index is 4.58. The number of hydrogen-bond acceptors (Lipinski definition) is 5. The Morgan fingerprint density at radius 3 is 2.33 bits per heavy atom. The summed E-state index contributed by atoms with van der Waals surface area (Å²) in [6, 6.07) is 0. The third-order valence-electron chi connectivity index (χ3n) is 2.09. The van der Waals surface area contributed by atoms with Gasteiger partial charge >= 0.3 is 0 Å². The van der Waals surface area contributed by atoms with E-state index in [1.807, 2.05) is 32.8 Å². The van der Waals surface area contributed by atoms with E-state index in [2.05, 4.69) is 16.1 Å². The van der Waals surface area contributed by atoms with E-state index in [0.29, 0.717) is 0 Å². The Morgan fingerprint density at radius 1 is 1.13 bits per heavy atom.